The molecule has 2 nitrogen and oxygen atoms in total. The number of fused-ring (bicyclic) bond motifs is 11. The van der Waals surface area contributed by atoms with E-state index in [1.165, 1.54) is 77.5 Å². The first-order chi connectivity index (χ1) is 31.5. The molecule has 1 heterocycles. The zero-order valence-electron chi connectivity index (χ0n) is 35.7. The van der Waals surface area contributed by atoms with Gasteiger partial charge in [0.05, 0.1) is 11.1 Å². The zero-order chi connectivity index (χ0) is 42.6. The fourth-order valence-electron chi connectivity index (χ4n) is 11.5. The highest BCUT2D eigenvalue weighted by atomic mass is 16.3. The van der Waals surface area contributed by atoms with Crippen molar-refractivity contribution >= 4 is 49.8 Å². The van der Waals surface area contributed by atoms with Crippen LogP contribution in [-0.4, -0.2) is 0 Å². The van der Waals surface area contributed by atoms with Crippen molar-refractivity contribution in [3.8, 4) is 33.4 Å². The first-order valence-electron chi connectivity index (χ1n) is 22.3. The Morgan fingerprint density at radius 3 is 1.70 bits per heavy atom. The van der Waals surface area contributed by atoms with Crippen LogP contribution in [0.5, 0.6) is 0 Å². The Balaban J connectivity index is 1.11. The molecule has 11 aromatic rings. The molecule has 2 heteroatoms. The highest BCUT2D eigenvalue weighted by Gasteiger charge is 2.47. The summed E-state index contributed by atoms with van der Waals surface area (Å²) in [6.45, 7) is 4.74. The molecule has 0 fully saturated rings. The molecule has 10 aromatic carbocycles. The second kappa shape index (κ2) is 13.8. The Labute approximate surface area is 373 Å². The molecule has 1 aromatic heterocycles. The fourth-order valence-corrected chi connectivity index (χ4v) is 11.5. The summed E-state index contributed by atoms with van der Waals surface area (Å²) >= 11 is 0. The normalized spacial score (nSPS) is 14.0. The van der Waals surface area contributed by atoms with Crippen molar-refractivity contribution in [3.63, 3.8) is 0 Å². The van der Waals surface area contributed by atoms with Crippen LogP contribution in [-0.2, 0) is 10.8 Å². The summed E-state index contributed by atoms with van der Waals surface area (Å²) in [4.78, 5) is 2.51. The molecule has 302 valence electrons. The van der Waals surface area contributed by atoms with Gasteiger partial charge in [-0.15, -0.1) is 0 Å². The lowest BCUT2D eigenvalue weighted by Crippen LogP contribution is -2.28. The number of hydrogen-bond donors (Lipinski definition) is 0. The van der Waals surface area contributed by atoms with Crippen LogP contribution in [0.1, 0.15) is 47.2 Å². The van der Waals surface area contributed by atoms with Crippen LogP contribution in [0.3, 0.4) is 0 Å². The number of benzene rings is 10. The van der Waals surface area contributed by atoms with E-state index in [9.17, 15) is 0 Å². The lowest BCUT2D eigenvalue weighted by Gasteiger charge is -2.34. The molecule has 0 radical (unpaired) electrons. The molecule has 0 atom stereocenters. The fraction of sp³-hybridized carbons (Fsp3) is 0.0645. The van der Waals surface area contributed by atoms with E-state index in [4.69, 9.17) is 4.42 Å². The van der Waals surface area contributed by atoms with Crippen molar-refractivity contribution in [1.82, 2.24) is 0 Å². The molecule has 0 unspecified atom stereocenters. The Kier molecular flexibility index (Phi) is 7.90. The molecule has 2 aliphatic rings. The van der Waals surface area contributed by atoms with Crippen molar-refractivity contribution in [1.29, 1.82) is 0 Å². The van der Waals surface area contributed by atoms with Gasteiger partial charge in [0.1, 0.15) is 11.2 Å². The van der Waals surface area contributed by atoms with Crippen LogP contribution in [0, 0.1) is 0 Å². The number of furan rings is 1. The Hall–Kier alpha value is -7.94. The number of hydrogen-bond acceptors (Lipinski definition) is 2. The minimum atomic E-state index is -0.530. The van der Waals surface area contributed by atoms with Crippen LogP contribution in [0.2, 0.25) is 0 Å². The van der Waals surface area contributed by atoms with Crippen LogP contribution >= 0.6 is 0 Å². The van der Waals surface area contributed by atoms with Crippen molar-refractivity contribution in [2.24, 2.45) is 0 Å². The molecule has 13 rings (SSSR count). The third kappa shape index (κ3) is 5.08. The number of anilines is 3. The van der Waals surface area contributed by atoms with Gasteiger partial charge in [0.25, 0.3) is 0 Å². The van der Waals surface area contributed by atoms with Crippen LogP contribution in [0.25, 0.3) is 66.1 Å². The van der Waals surface area contributed by atoms with Gasteiger partial charge in [-0.2, -0.15) is 0 Å². The topological polar surface area (TPSA) is 16.4 Å². The van der Waals surface area contributed by atoms with Gasteiger partial charge in [-0.25, -0.2) is 0 Å². The second-order valence-electron chi connectivity index (χ2n) is 18.0. The van der Waals surface area contributed by atoms with E-state index >= 15 is 0 Å². The van der Waals surface area contributed by atoms with E-state index in [2.05, 4.69) is 243 Å². The van der Waals surface area contributed by atoms with Crippen LogP contribution < -0.4 is 4.90 Å². The first kappa shape index (κ1) is 36.7. The summed E-state index contributed by atoms with van der Waals surface area (Å²) in [6.07, 6.45) is 0. The third-order valence-corrected chi connectivity index (χ3v) is 14.3. The summed E-state index contributed by atoms with van der Waals surface area (Å²) in [5, 5.41) is 4.62. The molecule has 2 aliphatic carbocycles. The van der Waals surface area contributed by atoms with Gasteiger partial charge in [-0.05, 0) is 114 Å². The summed E-state index contributed by atoms with van der Waals surface area (Å²) in [5.74, 6) is 0. The standard InChI is InChI=1S/C62H43NO/c1-61(2)52-29-16-14-26-46(52)47-35-33-44(38-55(47)61)63(43-34-36-57-51(37-43)59-48-27-13-12-25-45(48)50(39-58(59)64-57)40-19-6-3-7-20-40)56-32-18-31-54-60(56)49-28-15-17-30-53(49)62(54,41-21-8-4-9-22-41)42-23-10-5-11-24-42/h3-39H,1-2H3. The van der Waals surface area contributed by atoms with Crippen molar-refractivity contribution < 1.29 is 4.42 Å². The first-order valence-corrected chi connectivity index (χ1v) is 22.3. The lowest BCUT2D eigenvalue weighted by atomic mass is 9.68. The van der Waals surface area contributed by atoms with E-state index in [1.54, 1.807) is 0 Å². The van der Waals surface area contributed by atoms with Gasteiger partial charge in [-0.3, -0.25) is 0 Å². The third-order valence-electron chi connectivity index (χ3n) is 14.3. The highest BCUT2D eigenvalue weighted by molar-refractivity contribution is 6.22. The molecular formula is C62H43NO. The van der Waals surface area contributed by atoms with Gasteiger partial charge in [0.15, 0.2) is 0 Å². The molecule has 64 heavy (non-hydrogen) atoms. The van der Waals surface area contributed by atoms with Crippen LogP contribution in [0.4, 0.5) is 17.1 Å². The maximum Gasteiger partial charge on any atom is 0.136 e. The number of rotatable bonds is 6. The Morgan fingerprint density at radius 1 is 0.375 bits per heavy atom. The van der Waals surface area contributed by atoms with Gasteiger partial charge in [0, 0.05) is 33.1 Å². The minimum absolute atomic E-state index is 0.172. The van der Waals surface area contributed by atoms with Gasteiger partial charge < -0.3 is 9.32 Å². The maximum absolute atomic E-state index is 6.82. The van der Waals surface area contributed by atoms with Crippen molar-refractivity contribution in [3.05, 3.63) is 258 Å². The molecule has 0 aliphatic heterocycles. The van der Waals surface area contributed by atoms with Gasteiger partial charge in [0.2, 0.25) is 0 Å². The lowest BCUT2D eigenvalue weighted by molar-refractivity contribution is 0.660. The molecule has 0 N–H and O–H groups in total. The monoisotopic (exact) mass is 817 g/mol. The quantitative estimate of drug-likeness (QED) is 0.166. The Morgan fingerprint density at radius 2 is 0.953 bits per heavy atom. The van der Waals surface area contributed by atoms with Gasteiger partial charge >= 0.3 is 0 Å². The summed E-state index contributed by atoms with van der Waals surface area (Å²) in [6, 6.07) is 82.7. The zero-order valence-corrected chi connectivity index (χ0v) is 35.7. The van der Waals surface area contributed by atoms with E-state index in [1.807, 2.05) is 0 Å². The molecular weight excluding hydrogens is 775 g/mol. The molecule has 0 spiro atoms. The molecule has 0 bridgehead atoms. The predicted molar refractivity (Wildman–Crippen MR) is 266 cm³/mol. The van der Waals surface area contributed by atoms with E-state index in [0.717, 1.165) is 39.0 Å². The summed E-state index contributed by atoms with van der Waals surface area (Å²) in [5.41, 5.74) is 19.6. The second-order valence-corrected chi connectivity index (χ2v) is 18.0. The average Bonchev–Trinajstić information content (AvgIpc) is 3.96. The van der Waals surface area contributed by atoms with Crippen molar-refractivity contribution in [2.75, 3.05) is 4.90 Å². The van der Waals surface area contributed by atoms with Gasteiger partial charge in [-0.1, -0.05) is 196 Å². The maximum atomic E-state index is 6.82. The summed E-state index contributed by atoms with van der Waals surface area (Å²) in [7, 11) is 0. The average molecular weight is 818 g/mol. The smallest absolute Gasteiger partial charge is 0.136 e. The number of nitrogens with zero attached hydrogens (tertiary/aromatic N) is 1. The van der Waals surface area contributed by atoms with E-state index in [0.29, 0.717) is 0 Å². The van der Waals surface area contributed by atoms with E-state index in [-0.39, 0.29) is 5.41 Å². The Bertz CT molecular complexity index is 3600. The molecule has 0 saturated heterocycles. The minimum Gasteiger partial charge on any atom is -0.456 e. The predicted octanol–water partition coefficient (Wildman–Crippen LogP) is 16.5. The van der Waals surface area contributed by atoms with Crippen LogP contribution in [0.15, 0.2) is 229 Å². The largest absolute Gasteiger partial charge is 0.456 e. The molecule has 0 saturated carbocycles. The highest BCUT2D eigenvalue weighted by Crippen LogP contribution is 2.60. The summed E-state index contributed by atoms with van der Waals surface area (Å²) < 4.78 is 6.82. The van der Waals surface area contributed by atoms with Crippen molar-refractivity contribution in [2.45, 2.75) is 24.7 Å². The molecule has 0 amide bonds. The van der Waals surface area contributed by atoms with E-state index < -0.39 is 5.41 Å². The SMILES string of the molecule is CC1(C)c2ccccc2-c2ccc(N(c3ccc4oc5cc(-c6ccccc6)c6ccccc6c5c4c3)c3cccc4c3-c3ccccc3C4(c3ccccc3)c3ccccc3)cc21.